The summed E-state index contributed by atoms with van der Waals surface area (Å²) in [7, 11) is 0. The molecule has 0 bridgehead atoms. The van der Waals surface area contributed by atoms with E-state index in [9.17, 15) is 14.0 Å². The fourth-order valence-electron chi connectivity index (χ4n) is 4.34. The van der Waals surface area contributed by atoms with Crippen LogP contribution < -0.4 is 5.48 Å². The molecular formula is C21H21FN2O3. The molecule has 1 saturated heterocycles. The van der Waals surface area contributed by atoms with Crippen LogP contribution in [0.4, 0.5) is 4.39 Å². The van der Waals surface area contributed by atoms with Crippen LogP contribution in [0, 0.1) is 11.2 Å². The Hall–Kier alpha value is -2.73. The monoisotopic (exact) mass is 368 g/mol. The molecule has 2 aromatic carbocycles. The van der Waals surface area contributed by atoms with Gasteiger partial charge in [-0.2, -0.15) is 0 Å². The number of nitrogens with one attached hydrogen (secondary N) is 1. The highest BCUT2D eigenvalue weighted by Crippen LogP contribution is 2.44. The van der Waals surface area contributed by atoms with Crippen LogP contribution in [0.15, 0.2) is 42.5 Å². The second kappa shape index (κ2) is 6.78. The summed E-state index contributed by atoms with van der Waals surface area (Å²) in [4.78, 5) is 26.5. The van der Waals surface area contributed by atoms with Crippen molar-refractivity contribution in [2.75, 3.05) is 6.54 Å². The minimum Gasteiger partial charge on any atom is -0.338 e. The second-order valence-corrected chi connectivity index (χ2v) is 7.45. The largest absolute Gasteiger partial charge is 0.338 e. The van der Waals surface area contributed by atoms with Crippen molar-refractivity contribution >= 4 is 11.8 Å². The predicted octanol–water partition coefficient (Wildman–Crippen LogP) is 2.85. The molecular weight excluding hydrogens is 347 g/mol. The van der Waals surface area contributed by atoms with E-state index >= 15 is 0 Å². The van der Waals surface area contributed by atoms with Gasteiger partial charge >= 0.3 is 0 Å². The number of nitrogens with zero attached hydrogens (tertiary/aromatic N) is 1. The van der Waals surface area contributed by atoms with E-state index in [1.54, 1.807) is 40.7 Å². The summed E-state index contributed by atoms with van der Waals surface area (Å²) in [6, 6.07) is 11.9. The lowest BCUT2D eigenvalue weighted by atomic mass is 9.70. The second-order valence-electron chi connectivity index (χ2n) is 7.45. The lowest BCUT2D eigenvalue weighted by Gasteiger charge is -2.33. The molecule has 0 saturated carbocycles. The first-order valence-electron chi connectivity index (χ1n) is 9.11. The molecule has 1 aliphatic heterocycles. The van der Waals surface area contributed by atoms with Gasteiger partial charge in [0.15, 0.2) is 0 Å². The van der Waals surface area contributed by atoms with Crippen LogP contribution in [0.3, 0.4) is 0 Å². The fraction of sp³-hybridized carbons (Fsp3) is 0.333. The zero-order valence-electron chi connectivity index (χ0n) is 14.9. The maximum Gasteiger partial charge on any atom is 0.274 e. The minimum absolute atomic E-state index is 0.0913. The molecule has 5 nitrogen and oxygen atoms in total. The SMILES string of the molecule is O=C(NO)c1ccc2c(c1)CC[C@@]1(CCN(Cc3ccccc3F)C1=O)C2. The van der Waals surface area contributed by atoms with Crippen molar-refractivity contribution in [2.45, 2.75) is 32.2 Å². The Balaban J connectivity index is 1.53. The summed E-state index contributed by atoms with van der Waals surface area (Å²) >= 11 is 0. The summed E-state index contributed by atoms with van der Waals surface area (Å²) in [5.41, 5.74) is 4.27. The van der Waals surface area contributed by atoms with E-state index in [4.69, 9.17) is 5.21 Å². The Morgan fingerprint density at radius 1 is 1.19 bits per heavy atom. The number of carbonyl (C=O) groups is 2. The van der Waals surface area contributed by atoms with E-state index in [2.05, 4.69) is 0 Å². The van der Waals surface area contributed by atoms with Crippen molar-refractivity contribution in [1.29, 1.82) is 0 Å². The maximum atomic E-state index is 13.9. The molecule has 2 aliphatic rings. The Morgan fingerprint density at radius 3 is 2.78 bits per heavy atom. The summed E-state index contributed by atoms with van der Waals surface area (Å²) in [6.07, 6.45) is 2.83. The number of aryl methyl sites for hydroxylation is 1. The minimum atomic E-state index is -0.536. The maximum absolute atomic E-state index is 13.9. The molecule has 27 heavy (non-hydrogen) atoms. The molecule has 1 aliphatic carbocycles. The average molecular weight is 368 g/mol. The zero-order valence-corrected chi connectivity index (χ0v) is 14.9. The molecule has 1 spiro atoms. The number of benzene rings is 2. The van der Waals surface area contributed by atoms with Gasteiger partial charge in [-0.1, -0.05) is 24.3 Å². The molecule has 0 radical (unpaired) electrons. The third kappa shape index (κ3) is 3.10. The van der Waals surface area contributed by atoms with Crippen molar-refractivity contribution < 1.29 is 19.2 Å². The highest BCUT2D eigenvalue weighted by Gasteiger charge is 2.48. The van der Waals surface area contributed by atoms with Crippen LogP contribution >= 0.6 is 0 Å². The van der Waals surface area contributed by atoms with Gasteiger partial charge in [0, 0.05) is 24.2 Å². The molecule has 4 rings (SSSR count). The third-order valence-electron chi connectivity index (χ3n) is 5.89. The van der Waals surface area contributed by atoms with Gasteiger partial charge in [-0.25, -0.2) is 9.87 Å². The van der Waals surface area contributed by atoms with Gasteiger partial charge in [0.2, 0.25) is 5.91 Å². The van der Waals surface area contributed by atoms with Crippen molar-refractivity contribution in [3.8, 4) is 0 Å². The molecule has 1 heterocycles. The van der Waals surface area contributed by atoms with Crippen molar-refractivity contribution in [2.24, 2.45) is 5.41 Å². The molecule has 1 fully saturated rings. The molecule has 1 atom stereocenters. The van der Waals surface area contributed by atoms with Gasteiger partial charge in [-0.3, -0.25) is 14.8 Å². The Kier molecular flexibility index (Phi) is 4.44. The van der Waals surface area contributed by atoms with Gasteiger partial charge < -0.3 is 4.90 Å². The van der Waals surface area contributed by atoms with E-state index in [0.717, 1.165) is 24.0 Å². The number of hydroxylamine groups is 1. The number of hydrogen-bond acceptors (Lipinski definition) is 3. The van der Waals surface area contributed by atoms with Crippen LogP contribution in [0.1, 0.15) is 39.9 Å². The van der Waals surface area contributed by atoms with Gasteiger partial charge in [0.1, 0.15) is 5.82 Å². The summed E-state index contributed by atoms with van der Waals surface area (Å²) in [6.45, 7) is 0.934. The van der Waals surface area contributed by atoms with E-state index in [0.29, 0.717) is 37.1 Å². The smallest absolute Gasteiger partial charge is 0.274 e. The molecule has 6 heteroatoms. The number of fused-ring (bicyclic) bond motifs is 1. The number of hydrogen-bond donors (Lipinski definition) is 2. The van der Waals surface area contributed by atoms with Crippen LogP contribution in [0.25, 0.3) is 0 Å². The quantitative estimate of drug-likeness (QED) is 0.647. The highest BCUT2D eigenvalue weighted by atomic mass is 19.1. The Bertz CT molecular complexity index is 914. The van der Waals surface area contributed by atoms with Crippen LogP contribution in [-0.2, 0) is 24.2 Å². The van der Waals surface area contributed by atoms with E-state index in [-0.39, 0.29) is 11.7 Å². The molecule has 0 aromatic heterocycles. The van der Waals surface area contributed by atoms with Gasteiger partial charge in [0.25, 0.3) is 5.91 Å². The first kappa shape index (κ1) is 17.7. The number of rotatable bonds is 3. The zero-order chi connectivity index (χ0) is 19.0. The average Bonchev–Trinajstić information content (AvgIpc) is 2.98. The lowest BCUT2D eigenvalue weighted by molar-refractivity contribution is -0.137. The highest BCUT2D eigenvalue weighted by molar-refractivity contribution is 5.93. The topological polar surface area (TPSA) is 69.6 Å². The van der Waals surface area contributed by atoms with Crippen molar-refractivity contribution in [1.82, 2.24) is 10.4 Å². The van der Waals surface area contributed by atoms with E-state index in [1.807, 2.05) is 6.07 Å². The van der Waals surface area contributed by atoms with Crippen molar-refractivity contribution in [3.63, 3.8) is 0 Å². The van der Waals surface area contributed by atoms with Gasteiger partial charge in [0.05, 0.1) is 5.41 Å². The molecule has 2 N–H and O–H groups in total. The Morgan fingerprint density at radius 2 is 2.00 bits per heavy atom. The first-order chi connectivity index (χ1) is 13.0. The van der Waals surface area contributed by atoms with Gasteiger partial charge in [-0.15, -0.1) is 0 Å². The van der Waals surface area contributed by atoms with E-state index < -0.39 is 11.3 Å². The van der Waals surface area contributed by atoms with Gasteiger partial charge in [-0.05, 0) is 55.0 Å². The fourth-order valence-corrected chi connectivity index (χ4v) is 4.34. The van der Waals surface area contributed by atoms with Crippen molar-refractivity contribution in [3.05, 3.63) is 70.5 Å². The van der Waals surface area contributed by atoms with E-state index in [1.165, 1.54) is 6.07 Å². The summed E-state index contributed by atoms with van der Waals surface area (Å²) < 4.78 is 13.9. The lowest BCUT2D eigenvalue weighted by Crippen LogP contribution is -2.38. The first-order valence-corrected chi connectivity index (χ1v) is 9.11. The molecule has 0 unspecified atom stereocenters. The summed E-state index contributed by atoms with van der Waals surface area (Å²) in [5, 5.41) is 8.79. The standard InChI is InChI=1S/C21H21FN2O3/c22-18-4-2-1-3-17(18)13-24-10-9-21(20(24)26)8-7-14-11-15(19(25)23-27)5-6-16(14)12-21/h1-6,11,27H,7-10,12-13H2,(H,23,25)/t21-/m1/s1. The number of carbonyl (C=O) groups excluding carboxylic acids is 2. The Labute approximate surface area is 156 Å². The number of amides is 2. The predicted molar refractivity (Wildman–Crippen MR) is 96.6 cm³/mol. The van der Waals surface area contributed by atoms with Crippen LogP contribution in [-0.4, -0.2) is 28.5 Å². The third-order valence-corrected chi connectivity index (χ3v) is 5.89. The molecule has 2 amide bonds. The number of halogens is 1. The number of likely N-dealkylation sites (tertiary alicyclic amines) is 1. The molecule has 140 valence electrons. The van der Waals surface area contributed by atoms with Crippen LogP contribution in [0.2, 0.25) is 0 Å². The normalized spacial score (nSPS) is 21.4. The summed E-state index contributed by atoms with van der Waals surface area (Å²) in [5.74, 6) is -0.727. The molecule has 2 aromatic rings. The van der Waals surface area contributed by atoms with Crippen LogP contribution in [0.5, 0.6) is 0 Å².